The largest absolute Gasteiger partial charge is 0.326 e. The summed E-state index contributed by atoms with van der Waals surface area (Å²) in [6.45, 7) is 0.265. The summed E-state index contributed by atoms with van der Waals surface area (Å²) in [6, 6.07) is 23.3. The number of hydrogen-bond donors (Lipinski definition) is 1. The molecule has 0 aliphatic carbocycles. The van der Waals surface area contributed by atoms with Crippen molar-refractivity contribution in [2.75, 3.05) is 5.32 Å². The number of nitrogens with zero attached hydrogens (tertiary/aromatic N) is 2. The van der Waals surface area contributed by atoms with Crippen LogP contribution >= 0.6 is 15.9 Å². The van der Waals surface area contributed by atoms with Crippen LogP contribution in [0.25, 0.3) is 10.9 Å². The minimum Gasteiger partial charge on any atom is -0.326 e. The number of carbonyl (C=O) groups is 1. The predicted octanol–water partition coefficient (Wildman–Crippen LogP) is 4.78. The van der Waals surface area contributed by atoms with Crippen LogP contribution < -0.4 is 10.9 Å². The van der Waals surface area contributed by atoms with Gasteiger partial charge in [0.15, 0.2) is 0 Å². The summed E-state index contributed by atoms with van der Waals surface area (Å²) in [5, 5.41) is 3.51. The zero-order valence-corrected chi connectivity index (χ0v) is 17.8. The number of nitrogens with one attached hydrogen (secondary N) is 1. The Labute approximate surface area is 182 Å². The maximum Gasteiger partial charge on any atom is 0.261 e. The third kappa shape index (κ3) is 4.66. The van der Waals surface area contributed by atoms with E-state index in [1.165, 1.54) is 16.5 Å². The Hall–Kier alpha value is -3.25. The molecular weight excluding hydrogens is 442 g/mol. The van der Waals surface area contributed by atoms with Crippen molar-refractivity contribution in [3.63, 3.8) is 0 Å². The standard InChI is InChI=1S/C24H20BrN3O2/c25-19-10-11-22-20(15-19)24(30)28(16-26-22)13-12-23(29)27-21-9-5-4-8-18(21)14-17-6-2-1-3-7-17/h1-11,15-16H,12-14H2,(H,27,29). The number of aromatic nitrogens is 2. The molecule has 0 aliphatic rings. The van der Waals surface area contributed by atoms with E-state index in [1.807, 2.05) is 48.5 Å². The number of halogens is 1. The molecule has 1 aromatic heterocycles. The number of anilines is 1. The zero-order chi connectivity index (χ0) is 20.9. The van der Waals surface area contributed by atoms with Crippen LogP contribution in [0.15, 0.2) is 88.4 Å². The first-order valence-corrected chi connectivity index (χ1v) is 10.5. The molecule has 150 valence electrons. The molecule has 3 aromatic carbocycles. The van der Waals surface area contributed by atoms with Gasteiger partial charge in [-0.3, -0.25) is 14.2 Å². The molecule has 0 spiro atoms. The van der Waals surface area contributed by atoms with Gasteiger partial charge in [-0.25, -0.2) is 4.98 Å². The minimum atomic E-state index is -0.154. The highest BCUT2D eigenvalue weighted by atomic mass is 79.9. The first-order chi connectivity index (χ1) is 14.6. The van der Waals surface area contributed by atoms with Gasteiger partial charge >= 0.3 is 0 Å². The fourth-order valence-electron chi connectivity index (χ4n) is 3.34. The van der Waals surface area contributed by atoms with E-state index in [-0.39, 0.29) is 24.4 Å². The maximum absolute atomic E-state index is 12.7. The van der Waals surface area contributed by atoms with Crippen LogP contribution in [0.2, 0.25) is 0 Å². The van der Waals surface area contributed by atoms with E-state index < -0.39 is 0 Å². The second-order valence-corrected chi connectivity index (χ2v) is 7.94. The van der Waals surface area contributed by atoms with Crippen molar-refractivity contribution >= 4 is 38.4 Å². The average Bonchev–Trinajstić information content (AvgIpc) is 2.76. The van der Waals surface area contributed by atoms with Gasteiger partial charge < -0.3 is 5.32 Å². The normalized spacial score (nSPS) is 10.8. The Morgan fingerprint density at radius 3 is 2.60 bits per heavy atom. The summed E-state index contributed by atoms with van der Waals surface area (Å²) in [7, 11) is 0. The smallest absolute Gasteiger partial charge is 0.261 e. The fraction of sp³-hybridized carbons (Fsp3) is 0.125. The van der Waals surface area contributed by atoms with Crippen LogP contribution in [0.4, 0.5) is 5.69 Å². The molecule has 0 atom stereocenters. The Morgan fingerprint density at radius 2 is 1.77 bits per heavy atom. The second kappa shape index (κ2) is 9.05. The lowest BCUT2D eigenvalue weighted by Gasteiger charge is -2.12. The Kier molecular flexibility index (Phi) is 6.05. The number of amides is 1. The number of rotatable bonds is 6. The molecule has 6 heteroatoms. The fourth-order valence-corrected chi connectivity index (χ4v) is 3.70. The molecule has 0 aliphatic heterocycles. The molecule has 0 saturated carbocycles. The van der Waals surface area contributed by atoms with Crippen molar-refractivity contribution < 1.29 is 4.79 Å². The van der Waals surface area contributed by atoms with Crippen LogP contribution in [-0.2, 0) is 17.8 Å². The summed E-state index contributed by atoms with van der Waals surface area (Å²) in [5.41, 5.74) is 3.50. The van der Waals surface area contributed by atoms with Crippen LogP contribution in [-0.4, -0.2) is 15.5 Å². The number of para-hydroxylation sites is 1. The van der Waals surface area contributed by atoms with Crippen molar-refractivity contribution in [1.29, 1.82) is 0 Å². The lowest BCUT2D eigenvalue weighted by atomic mass is 10.0. The topological polar surface area (TPSA) is 64.0 Å². The van der Waals surface area contributed by atoms with Gasteiger partial charge in [-0.05, 0) is 41.8 Å². The van der Waals surface area contributed by atoms with Crippen molar-refractivity contribution in [1.82, 2.24) is 9.55 Å². The van der Waals surface area contributed by atoms with Crippen molar-refractivity contribution in [3.8, 4) is 0 Å². The summed E-state index contributed by atoms with van der Waals surface area (Å²) in [5.74, 6) is -0.142. The number of aryl methyl sites for hydroxylation is 1. The molecule has 4 rings (SSSR count). The highest BCUT2D eigenvalue weighted by Gasteiger charge is 2.10. The van der Waals surface area contributed by atoms with Gasteiger partial charge in [0.1, 0.15) is 0 Å². The van der Waals surface area contributed by atoms with Crippen LogP contribution in [0.3, 0.4) is 0 Å². The Balaban J connectivity index is 1.45. The lowest BCUT2D eigenvalue weighted by molar-refractivity contribution is -0.116. The third-order valence-corrected chi connectivity index (χ3v) is 5.39. The maximum atomic E-state index is 12.7. The van der Waals surface area contributed by atoms with E-state index in [0.29, 0.717) is 10.9 Å². The highest BCUT2D eigenvalue weighted by Crippen LogP contribution is 2.19. The molecule has 5 nitrogen and oxygen atoms in total. The van der Waals surface area contributed by atoms with Crippen molar-refractivity contribution in [2.24, 2.45) is 0 Å². The SMILES string of the molecule is O=C(CCn1cnc2ccc(Br)cc2c1=O)Nc1ccccc1Cc1ccccc1. The predicted molar refractivity (Wildman–Crippen MR) is 123 cm³/mol. The molecule has 1 N–H and O–H groups in total. The minimum absolute atomic E-state index is 0.142. The highest BCUT2D eigenvalue weighted by molar-refractivity contribution is 9.10. The quantitative estimate of drug-likeness (QED) is 0.449. The van der Waals surface area contributed by atoms with E-state index in [9.17, 15) is 9.59 Å². The van der Waals surface area contributed by atoms with Crippen LogP contribution in [0.1, 0.15) is 17.5 Å². The summed E-state index contributed by atoms with van der Waals surface area (Å²) < 4.78 is 2.30. The molecular formula is C24H20BrN3O2. The molecule has 0 fully saturated rings. The van der Waals surface area contributed by atoms with Gasteiger partial charge in [0.05, 0.1) is 17.2 Å². The van der Waals surface area contributed by atoms with Crippen LogP contribution in [0.5, 0.6) is 0 Å². The molecule has 0 bridgehead atoms. The van der Waals surface area contributed by atoms with Gasteiger partial charge in [0.2, 0.25) is 5.91 Å². The molecule has 4 aromatic rings. The number of fused-ring (bicyclic) bond motifs is 1. The zero-order valence-electron chi connectivity index (χ0n) is 16.2. The van der Waals surface area contributed by atoms with Gasteiger partial charge in [0.25, 0.3) is 5.56 Å². The molecule has 1 amide bonds. The van der Waals surface area contributed by atoms with E-state index in [0.717, 1.165) is 22.1 Å². The van der Waals surface area contributed by atoms with Crippen molar-refractivity contribution in [2.45, 2.75) is 19.4 Å². The third-order valence-electron chi connectivity index (χ3n) is 4.89. The monoisotopic (exact) mass is 461 g/mol. The molecule has 0 unspecified atom stereocenters. The van der Waals surface area contributed by atoms with E-state index >= 15 is 0 Å². The summed E-state index contributed by atoms with van der Waals surface area (Å²) in [4.78, 5) is 29.6. The van der Waals surface area contributed by atoms with Crippen molar-refractivity contribution in [3.05, 3.63) is 105 Å². The first kappa shape index (κ1) is 20.0. The van der Waals surface area contributed by atoms with E-state index in [1.54, 1.807) is 12.1 Å². The van der Waals surface area contributed by atoms with Crippen LogP contribution in [0, 0.1) is 0 Å². The Morgan fingerprint density at radius 1 is 1.00 bits per heavy atom. The number of hydrogen-bond acceptors (Lipinski definition) is 3. The number of carbonyl (C=O) groups excluding carboxylic acids is 1. The Bertz CT molecular complexity index is 1250. The molecule has 30 heavy (non-hydrogen) atoms. The second-order valence-electron chi connectivity index (χ2n) is 7.02. The van der Waals surface area contributed by atoms with Gasteiger partial charge in [-0.1, -0.05) is 64.5 Å². The number of benzene rings is 3. The summed E-state index contributed by atoms with van der Waals surface area (Å²) in [6.07, 6.45) is 2.41. The summed E-state index contributed by atoms with van der Waals surface area (Å²) >= 11 is 3.38. The molecule has 0 saturated heterocycles. The average molecular weight is 462 g/mol. The molecule has 1 heterocycles. The lowest BCUT2D eigenvalue weighted by Crippen LogP contribution is -2.24. The molecule has 0 radical (unpaired) electrons. The van der Waals surface area contributed by atoms with Gasteiger partial charge in [0, 0.05) is 23.1 Å². The van der Waals surface area contributed by atoms with E-state index in [2.05, 4.69) is 38.4 Å². The first-order valence-electron chi connectivity index (χ1n) is 9.66. The van der Waals surface area contributed by atoms with E-state index in [4.69, 9.17) is 0 Å². The van der Waals surface area contributed by atoms with Gasteiger partial charge in [-0.2, -0.15) is 0 Å². The van der Waals surface area contributed by atoms with Gasteiger partial charge in [-0.15, -0.1) is 0 Å².